The summed E-state index contributed by atoms with van der Waals surface area (Å²) < 4.78 is 5.92. The van der Waals surface area contributed by atoms with Gasteiger partial charge >= 0.3 is 0 Å². The van der Waals surface area contributed by atoms with E-state index in [1.54, 1.807) is 0 Å². The molecule has 0 spiro atoms. The summed E-state index contributed by atoms with van der Waals surface area (Å²) >= 11 is 0. The van der Waals surface area contributed by atoms with Crippen LogP contribution >= 0.6 is 0 Å². The first-order valence-corrected chi connectivity index (χ1v) is 8.95. The second kappa shape index (κ2) is 8.85. The van der Waals surface area contributed by atoms with Gasteiger partial charge in [0.1, 0.15) is 0 Å². The average Bonchev–Trinajstić information content (AvgIpc) is 2.46. The van der Waals surface area contributed by atoms with E-state index in [1.165, 1.54) is 39.1 Å². The van der Waals surface area contributed by atoms with Gasteiger partial charge in [0.25, 0.3) is 0 Å². The van der Waals surface area contributed by atoms with E-state index in [0.717, 1.165) is 26.0 Å². The fourth-order valence-electron chi connectivity index (χ4n) is 3.09. The molecule has 0 bridgehead atoms. The van der Waals surface area contributed by atoms with Crippen molar-refractivity contribution in [3.63, 3.8) is 0 Å². The Morgan fingerprint density at radius 1 is 1.14 bits per heavy atom. The van der Waals surface area contributed by atoms with Gasteiger partial charge < -0.3 is 15.0 Å². The van der Waals surface area contributed by atoms with E-state index >= 15 is 0 Å². The number of amides is 1. The third-order valence-corrected chi connectivity index (χ3v) is 4.73. The summed E-state index contributed by atoms with van der Waals surface area (Å²) in [6, 6.07) is 0.331. The van der Waals surface area contributed by atoms with Crippen molar-refractivity contribution in [2.24, 2.45) is 5.92 Å². The van der Waals surface area contributed by atoms with Crippen molar-refractivity contribution in [2.45, 2.75) is 52.2 Å². The second-order valence-corrected chi connectivity index (χ2v) is 7.01. The quantitative estimate of drug-likeness (QED) is 0.735. The minimum atomic E-state index is 0.0753. The van der Waals surface area contributed by atoms with Gasteiger partial charge in [0.15, 0.2) is 0 Å². The monoisotopic (exact) mass is 311 g/mol. The minimum absolute atomic E-state index is 0.0753. The summed E-state index contributed by atoms with van der Waals surface area (Å²) in [6.45, 7) is 13.9. The summed E-state index contributed by atoms with van der Waals surface area (Å²) in [5, 5.41) is 3.07. The summed E-state index contributed by atoms with van der Waals surface area (Å²) in [6.07, 6.45) is 3.55. The zero-order valence-corrected chi connectivity index (χ0v) is 14.5. The summed E-state index contributed by atoms with van der Waals surface area (Å²) in [7, 11) is 0. The molecule has 2 aliphatic rings. The van der Waals surface area contributed by atoms with Crippen molar-refractivity contribution >= 4 is 5.91 Å². The topological polar surface area (TPSA) is 44.8 Å². The molecule has 0 atom stereocenters. The highest BCUT2D eigenvalue weighted by Crippen LogP contribution is 2.23. The van der Waals surface area contributed by atoms with Gasteiger partial charge in [-0.15, -0.1) is 0 Å². The Morgan fingerprint density at radius 3 is 2.27 bits per heavy atom. The molecule has 0 aromatic rings. The van der Waals surface area contributed by atoms with Crippen molar-refractivity contribution in [1.29, 1.82) is 0 Å². The molecule has 2 rings (SSSR count). The van der Waals surface area contributed by atoms with Gasteiger partial charge in [0.2, 0.25) is 5.91 Å². The van der Waals surface area contributed by atoms with E-state index in [2.05, 4.69) is 22.0 Å². The number of rotatable bonds is 8. The van der Waals surface area contributed by atoms with Crippen LogP contribution in [0.5, 0.6) is 0 Å². The number of hydrogen-bond acceptors (Lipinski definition) is 4. The lowest BCUT2D eigenvalue weighted by atomic mass is 9.89. The molecule has 5 nitrogen and oxygen atoms in total. The van der Waals surface area contributed by atoms with Crippen molar-refractivity contribution in [2.75, 3.05) is 45.9 Å². The first-order chi connectivity index (χ1) is 10.6. The molecule has 1 amide bonds. The lowest BCUT2D eigenvalue weighted by Gasteiger charge is -2.37. The van der Waals surface area contributed by atoms with Gasteiger partial charge in [-0.05, 0) is 25.8 Å². The predicted molar refractivity (Wildman–Crippen MR) is 88.9 cm³/mol. The molecular weight excluding hydrogens is 278 g/mol. The summed E-state index contributed by atoms with van der Waals surface area (Å²) in [5.74, 6) is 0.236. The van der Waals surface area contributed by atoms with Crippen LogP contribution in [0.25, 0.3) is 0 Å². The van der Waals surface area contributed by atoms with Crippen molar-refractivity contribution < 1.29 is 9.53 Å². The number of hydrogen-bond donors (Lipinski definition) is 1. The highest BCUT2D eigenvalue weighted by Gasteiger charge is 2.31. The number of nitrogens with zero attached hydrogens (tertiary/aromatic N) is 2. The number of carbonyl (C=O) groups excluding carboxylic acids is 1. The van der Waals surface area contributed by atoms with Crippen LogP contribution in [-0.4, -0.2) is 73.7 Å². The van der Waals surface area contributed by atoms with Crippen LogP contribution in [0.15, 0.2) is 0 Å². The van der Waals surface area contributed by atoms with Crippen molar-refractivity contribution in [3.05, 3.63) is 0 Å². The van der Waals surface area contributed by atoms with E-state index in [9.17, 15) is 4.79 Å². The Kier molecular flexibility index (Phi) is 7.12. The number of ether oxygens (including phenoxy) is 1. The van der Waals surface area contributed by atoms with E-state index in [4.69, 9.17) is 4.74 Å². The number of carbonyl (C=O) groups is 1. The third kappa shape index (κ3) is 5.52. The lowest BCUT2D eigenvalue weighted by molar-refractivity contribution is -0.126. The molecule has 0 aromatic heterocycles. The largest absolute Gasteiger partial charge is 0.377 e. The summed E-state index contributed by atoms with van der Waals surface area (Å²) in [5.41, 5.74) is 0. The van der Waals surface area contributed by atoms with Gasteiger partial charge in [-0.25, -0.2) is 0 Å². The number of nitrogens with one attached hydrogen (secondary N) is 1. The van der Waals surface area contributed by atoms with Gasteiger partial charge in [-0.1, -0.05) is 20.8 Å². The van der Waals surface area contributed by atoms with Crippen LogP contribution in [0, 0.1) is 5.92 Å². The van der Waals surface area contributed by atoms with E-state index < -0.39 is 0 Å². The molecule has 2 fully saturated rings. The number of piperazine rings is 1. The zero-order valence-electron chi connectivity index (χ0n) is 14.5. The molecular formula is C17H33N3O2. The Balaban J connectivity index is 1.48. The smallest absolute Gasteiger partial charge is 0.222 e. The first kappa shape index (κ1) is 17.7. The normalized spacial score (nSPS) is 26.9. The molecule has 128 valence electrons. The molecule has 1 heterocycles. The Bertz CT molecular complexity index is 335. The second-order valence-electron chi connectivity index (χ2n) is 7.01. The van der Waals surface area contributed by atoms with Crippen LogP contribution in [0.1, 0.15) is 40.0 Å². The maximum atomic E-state index is 11.6. The van der Waals surface area contributed by atoms with E-state index in [1.807, 2.05) is 13.8 Å². The molecule has 1 aliphatic heterocycles. The fourth-order valence-corrected chi connectivity index (χ4v) is 3.09. The van der Waals surface area contributed by atoms with Crippen molar-refractivity contribution in [1.82, 2.24) is 15.1 Å². The van der Waals surface area contributed by atoms with Crippen LogP contribution in [0.4, 0.5) is 0 Å². The molecule has 1 saturated heterocycles. The van der Waals surface area contributed by atoms with Crippen LogP contribution in [0.3, 0.4) is 0 Å². The van der Waals surface area contributed by atoms with Crippen LogP contribution in [0.2, 0.25) is 0 Å². The Morgan fingerprint density at radius 2 is 1.73 bits per heavy atom. The Hall–Kier alpha value is -0.650. The standard InChI is InChI=1S/C17H33N3O2/c1-4-5-19-6-8-20(9-7-19)10-11-22-16-12-15(13-16)18-17(21)14(2)3/h14-16H,4-13H2,1-3H3,(H,18,21)/t15-,16-. The SMILES string of the molecule is CCCN1CCN(CCO[C@H]2C[C@H](NC(=O)C(C)C)C2)CC1. The minimum Gasteiger partial charge on any atom is -0.377 e. The van der Waals surface area contributed by atoms with Gasteiger partial charge in [-0.2, -0.15) is 0 Å². The lowest BCUT2D eigenvalue weighted by Crippen LogP contribution is -2.50. The average molecular weight is 311 g/mol. The molecule has 22 heavy (non-hydrogen) atoms. The van der Waals surface area contributed by atoms with Gasteiger partial charge in [0.05, 0.1) is 12.7 Å². The molecule has 5 heteroatoms. The highest BCUT2D eigenvalue weighted by molar-refractivity contribution is 5.78. The predicted octanol–water partition coefficient (Wildman–Crippen LogP) is 1.33. The molecule has 1 saturated carbocycles. The van der Waals surface area contributed by atoms with Crippen molar-refractivity contribution in [3.8, 4) is 0 Å². The zero-order chi connectivity index (χ0) is 15.9. The fraction of sp³-hybridized carbons (Fsp3) is 0.941. The molecule has 1 aliphatic carbocycles. The molecule has 0 radical (unpaired) electrons. The van der Waals surface area contributed by atoms with Crippen LogP contribution < -0.4 is 5.32 Å². The molecule has 0 aromatic carbocycles. The maximum absolute atomic E-state index is 11.6. The molecule has 1 N–H and O–H groups in total. The van der Waals surface area contributed by atoms with E-state index in [-0.39, 0.29) is 11.8 Å². The van der Waals surface area contributed by atoms with Crippen LogP contribution in [-0.2, 0) is 9.53 Å². The van der Waals surface area contributed by atoms with Gasteiger partial charge in [-0.3, -0.25) is 9.69 Å². The molecule has 0 unspecified atom stereocenters. The summed E-state index contributed by atoms with van der Waals surface area (Å²) in [4.78, 5) is 16.6. The highest BCUT2D eigenvalue weighted by atomic mass is 16.5. The van der Waals surface area contributed by atoms with Gasteiger partial charge in [0, 0.05) is 44.7 Å². The third-order valence-electron chi connectivity index (χ3n) is 4.73. The van der Waals surface area contributed by atoms with E-state index in [0.29, 0.717) is 12.1 Å². The Labute approximate surface area is 135 Å². The maximum Gasteiger partial charge on any atom is 0.222 e. The first-order valence-electron chi connectivity index (χ1n) is 8.95.